The molecule has 0 atom stereocenters. The molecule has 2 heterocycles. The van der Waals surface area contributed by atoms with Gasteiger partial charge in [0, 0.05) is 38.4 Å². The lowest BCUT2D eigenvalue weighted by Crippen LogP contribution is -2.49. The molecule has 0 spiro atoms. The molecule has 5 nitrogen and oxygen atoms in total. The van der Waals surface area contributed by atoms with Crippen LogP contribution in [-0.2, 0) is 13.0 Å². The zero-order valence-electron chi connectivity index (χ0n) is 17.9. The Morgan fingerprint density at radius 1 is 1.00 bits per heavy atom. The minimum absolute atomic E-state index is 0.322. The predicted octanol–water partition coefficient (Wildman–Crippen LogP) is 4.58. The number of ether oxygens (including phenoxy) is 2. The summed E-state index contributed by atoms with van der Waals surface area (Å²) in [5.74, 6) is 1.70. The first kappa shape index (κ1) is 20.9. The molecule has 0 saturated carbocycles. The highest BCUT2D eigenvalue weighted by molar-refractivity contribution is 7.80. The standard InChI is InChI=1S/C24H31N3O2S/c1-3-4-5-19-6-8-21(18(2)14-19)25-24(30)27-12-10-26(11-13-27)16-20-7-9-22-23(15-20)29-17-28-22/h6-9,14-15H,3-5,10-13,16-17H2,1-2H3,(H,25,30). The number of anilines is 1. The minimum Gasteiger partial charge on any atom is -0.454 e. The quantitative estimate of drug-likeness (QED) is 0.683. The van der Waals surface area contributed by atoms with Gasteiger partial charge in [-0.25, -0.2) is 0 Å². The number of benzene rings is 2. The SMILES string of the molecule is CCCCc1ccc(NC(=S)N2CCN(Cc3ccc4c(c3)OCO4)CC2)c(C)c1. The Hall–Kier alpha value is -2.31. The number of nitrogens with one attached hydrogen (secondary N) is 1. The zero-order valence-corrected chi connectivity index (χ0v) is 18.8. The number of unbranched alkanes of at least 4 members (excludes halogenated alkanes) is 1. The first-order valence-electron chi connectivity index (χ1n) is 10.9. The topological polar surface area (TPSA) is 37.0 Å². The molecule has 0 amide bonds. The maximum Gasteiger partial charge on any atom is 0.231 e. The maximum atomic E-state index is 5.71. The number of rotatable bonds is 6. The lowest BCUT2D eigenvalue weighted by molar-refractivity contribution is 0.173. The molecule has 1 N–H and O–H groups in total. The summed E-state index contributed by atoms with van der Waals surface area (Å²) in [5.41, 5.74) is 5.03. The number of hydrogen-bond acceptors (Lipinski definition) is 4. The summed E-state index contributed by atoms with van der Waals surface area (Å²) >= 11 is 5.71. The normalized spacial score (nSPS) is 16.0. The van der Waals surface area contributed by atoms with Crippen LogP contribution >= 0.6 is 12.2 Å². The van der Waals surface area contributed by atoms with Gasteiger partial charge in [-0.3, -0.25) is 4.90 Å². The van der Waals surface area contributed by atoms with Crippen LogP contribution in [0.2, 0.25) is 0 Å². The Labute approximate surface area is 185 Å². The van der Waals surface area contributed by atoms with Crippen LogP contribution in [0, 0.1) is 6.92 Å². The summed E-state index contributed by atoms with van der Waals surface area (Å²) in [6.07, 6.45) is 3.61. The predicted molar refractivity (Wildman–Crippen MR) is 125 cm³/mol. The molecule has 1 saturated heterocycles. The minimum atomic E-state index is 0.322. The van der Waals surface area contributed by atoms with Gasteiger partial charge in [-0.05, 0) is 66.9 Å². The van der Waals surface area contributed by atoms with Gasteiger partial charge >= 0.3 is 0 Å². The van der Waals surface area contributed by atoms with Crippen LogP contribution in [0.4, 0.5) is 5.69 Å². The third kappa shape index (κ3) is 5.05. The monoisotopic (exact) mass is 425 g/mol. The van der Waals surface area contributed by atoms with E-state index < -0.39 is 0 Å². The van der Waals surface area contributed by atoms with Gasteiger partial charge in [-0.15, -0.1) is 0 Å². The molecule has 160 valence electrons. The van der Waals surface area contributed by atoms with Crippen molar-refractivity contribution >= 4 is 23.0 Å². The highest BCUT2D eigenvalue weighted by Gasteiger charge is 2.20. The second kappa shape index (κ2) is 9.67. The molecule has 2 aromatic carbocycles. The lowest BCUT2D eigenvalue weighted by Gasteiger charge is -2.36. The van der Waals surface area contributed by atoms with Crippen molar-refractivity contribution in [2.45, 2.75) is 39.7 Å². The van der Waals surface area contributed by atoms with E-state index in [2.05, 4.69) is 59.3 Å². The van der Waals surface area contributed by atoms with Crippen molar-refractivity contribution in [3.8, 4) is 11.5 Å². The van der Waals surface area contributed by atoms with Crippen molar-refractivity contribution in [2.75, 3.05) is 38.3 Å². The van der Waals surface area contributed by atoms with E-state index in [1.165, 1.54) is 29.5 Å². The van der Waals surface area contributed by atoms with Gasteiger partial charge in [0.1, 0.15) is 0 Å². The van der Waals surface area contributed by atoms with Crippen LogP contribution in [0.25, 0.3) is 0 Å². The van der Waals surface area contributed by atoms with E-state index in [4.69, 9.17) is 21.7 Å². The molecule has 30 heavy (non-hydrogen) atoms. The number of hydrogen-bond donors (Lipinski definition) is 1. The smallest absolute Gasteiger partial charge is 0.231 e. The van der Waals surface area contributed by atoms with Crippen LogP contribution in [-0.4, -0.2) is 47.9 Å². The van der Waals surface area contributed by atoms with Crippen molar-refractivity contribution < 1.29 is 9.47 Å². The van der Waals surface area contributed by atoms with Crippen molar-refractivity contribution in [3.63, 3.8) is 0 Å². The van der Waals surface area contributed by atoms with E-state index in [0.717, 1.165) is 61.4 Å². The Kier molecular flexibility index (Phi) is 6.75. The summed E-state index contributed by atoms with van der Waals surface area (Å²) in [5, 5.41) is 4.29. The number of fused-ring (bicyclic) bond motifs is 1. The van der Waals surface area contributed by atoms with Gasteiger partial charge < -0.3 is 19.7 Å². The number of nitrogens with zero attached hydrogens (tertiary/aromatic N) is 2. The average molecular weight is 426 g/mol. The fourth-order valence-corrected chi connectivity index (χ4v) is 4.30. The first-order chi connectivity index (χ1) is 14.6. The third-order valence-corrected chi connectivity index (χ3v) is 6.21. The fourth-order valence-electron chi connectivity index (χ4n) is 4.00. The molecule has 4 rings (SSSR count). The second-order valence-corrected chi connectivity index (χ2v) is 8.52. The molecule has 0 bridgehead atoms. The van der Waals surface area contributed by atoms with Gasteiger partial charge in [0.15, 0.2) is 16.6 Å². The molecular weight excluding hydrogens is 394 g/mol. The van der Waals surface area contributed by atoms with E-state index in [0.29, 0.717) is 6.79 Å². The lowest BCUT2D eigenvalue weighted by atomic mass is 10.0. The first-order valence-corrected chi connectivity index (χ1v) is 11.3. The van der Waals surface area contributed by atoms with E-state index in [-0.39, 0.29) is 0 Å². The van der Waals surface area contributed by atoms with Crippen molar-refractivity contribution in [1.29, 1.82) is 0 Å². The van der Waals surface area contributed by atoms with Crippen LogP contribution in [0.15, 0.2) is 36.4 Å². The van der Waals surface area contributed by atoms with Crippen LogP contribution in [0.1, 0.15) is 36.5 Å². The molecule has 0 radical (unpaired) electrons. The average Bonchev–Trinajstić information content (AvgIpc) is 3.22. The van der Waals surface area contributed by atoms with Gasteiger partial charge in [0.05, 0.1) is 0 Å². The van der Waals surface area contributed by atoms with E-state index in [1.54, 1.807) is 0 Å². The molecule has 1 fully saturated rings. The number of thiocarbonyl (C=S) groups is 1. The molecule has 6 heteroatoms. The summed E-state index contributed by atoms with van der Waals surface area (Å²) < 4.78 is 10.9. The van der Waals surface area contributed by atoms with Crippen LogP contribution in [0.5, 0.6) is 11.5 Å². The summed E-state index contributed by atoms with van der Waals surface area (Å²) in [7, 11) is 0. The van der Waals surface area contributed by atoms with E-state index >= 15 is 0 Å². The molecule has 0 unspecified atom stereocenters. The summed E-state index contributed by atoms with van der Waals surface area (Å²) in [6.45, 7) is 9.48. The molecule has 2 aromatic rings. The van der Waals surface area contributed by atoms with E-state index in [9.17, 15) is 0 Å². The van der Waals surface area contributed by atoms with E-state index in [1.807, 2.05) is 6.07 Å². The largest absolute Gasteiger partial charge is 0.454 e. The van der Waals surface area contributed by atoms with Crippen molar-refractivity contribution in [3.05, 3.63) is 53.1 Å². The molecule has 2 aliphatic heterocycles. The van der Waals surface area contributed by atoms with Crippen molar-refractivity contribution in [2.24, 2.45) is 0 Å². The van der Waals surface area contributed by atoms with Crippen LogP contribution < -0.4 is 14.8 Å². The summed E-state index contributed by atoms with van der Waals surface area (Å²) in [4.78, 5) is 4.74. The molecule has 2 aliphatic rings. The Morgan fingerprint density at radius 2 is 1.77 bits per heavy atom. The fraction of sp³-hybridized carbons (Fsp3) is 0.458. The molecular formula is C24H31N3O2S. The van der Waals surface area contributed by atoms with Gasteiger partial charge in [0.2, 0.25) is 6.79 Å². The Bertz CT molecular complexity index is 894. The number of aryl methyl sites for hydroxylation is 2. The Morgan fingerprint density at radius 3 is 2.53 bits per heavy atom. The third-order valence-electron chi connectivity index (χ3n) is 5.85. The molecule has 0 aromatic heterocycles. The van der Waals surface area contributed by atoms with Gasteiger partial charge in [-0.1, -0.05) is 31.5 Å². The number of piperazine rings is 1. The Balaban J connectivity index is 1.27. The molecule has 0 aliphatic carbocycles. The second-order valence-electron chi connectivity index (χ2n) is 8.13. The summed E-state index contributed by atoms with van der Waals surface area (Å²) in [6, 6.07) is 12.9. The highest BCUT2D eigenvalue weighted by atomic mass is 32.1. The van der Waals surface area contributed by atoms with Crippen molar-refractivity contribution in [1.82, 2.24) is 9.80 Å². The zero-order chi connectivity index (χ0) is 20.9. The highest BCUT2D eigenvalue weighted by Crippen LogP contribution is 2.32. The van der Waals surface area contributed by atoms with Crippen LogP contribution in [0.3, 0.4) is 0 Å². The van der Waals surface area contributed by atoms with Gasteiger partial charge in [0.25, 0.3) is 0 Å². The van der Waals surface area contributed by atoms with Gasteiger partial charge in [-0.2, -0.15) is 0 Å². The maximum absolute atomic E-state index is 5.71.